The van der Waals surface area contributed by atoms with Gasteiger partial charge < -0.3 is 5.73 Å². The Kier molecular flexibility index (Phi) is 2.64. The van der Waals surface area contributed by atoms with E-state index in [2.05, 4.69) is 16.5 Å². The van der Waals surface area contributed by atoms with Gasteiger partial charge in [-0.05, 0) is 30.5 Å². The van der Waals surface area contributed by atoms with Crippen LogP contribution in [0.2, 0.25) is 0 Å². The number of hydrogen-bond acceptors (Lipinski definition) is 3. The molecule has 4 heteroatoms. The second kappa shape index (κ2) is 4.31. The van der Waals surface area contributed by atoms with Crippen molar-refractivity contribution >= 4 is 17.2 Å². The maximum absolute atomic E-state index is 6.15. The zero-order chi connectivity index (χ0) is 12.5. The van der Waals surface area contributed by atoms with E-state index in [0.717, 1.165) is 22.5 Å². The number of thiophene rings is 1. The second-order valence-corrected chi connectivity index (χ2v) is 4.90. The summed E-state index contributed by atoms with van der Waals surface area (Å²) in [6, 6.07) is 12.0. The number of nitrogens with zero attached hydrogens (tertiary/aromatic N) is 2. The SMILES string of the molecule is Cc1c(-c2ccsc2)nn(-c2ccccc2)c1N. The van der Waals surface area contributed by atoms with Crippen molar-refractivity contribution in [2.75, 3.05) is 5.73 Å². The number of aromatic nitrogens is 2. The number of nitrogens with two attached hydrogens (primary N) is 1. The summed E-state index contributed by atoms with van der Waals surface area (Å²) >= 11 is 1.66. The van der Waals surface area contributed by atoms with Gasteiger partial charge in [-0.1, -0.05) is 18.2 Å². The van der Waals surface area contributed by atoms with Crippen LogP contribution in [0.15, 0.2) is 47.2 Å². The van der Waals surface area contributed by atoms with Gasteiger partial charge in [0.1, 0.15) is 5.82 Å². The van der Waals surface area contributed by atoms with Crippen molar-refractivity contribution in [2.45, 2.75) is 6.92 Å². The molecule has 2 heterocycles. The molecule has 0 aliphatic carbocycles. The van der Waals surface area contributed by atoms with E-state index in [0.29, 0.717) is 5.82 Å². The highest BCUT2D eigenvalue weighted by molar-refractivity contribution is 7.08. The van der Waals surface area contributed by atoms with Gasteiger partial charge in [0.15, 0.2) is 0 Å². The molecule has 0 saturated heterocycles. The van der Waals surface area contributed by atoms with Crippen LogP contribution < -0.4 is 5.73 Å². The van der Waals surface area contributed by atoms with Crippen LogP contribution in [-0.2, 0) is 0 Å². The quantitative estimate of drug-likeness (QED) is 0.761. The molecule has 0 fully saturated rings. The third-order valence-corrected chi connectivity index (χ3v) is 3.65. The molecule has 3 aromatic rings. The molecule has 2 N–H and O–H groups in total. The van der Waals surface area contributed by atoms with Crippen LogP contribution in [0.4, 0.5) is 5.82 Å². The molecule has 0 atom stereocenters. The summed E-state index contributed by atoms with van der Waals surface area (Å²) in [5.74, 6) is 0.697. The van der Waals surface area contributed by atoms with Crippen molar-refractivity contribution in [3.63, 3.8) is 0 Å². The first-order valence-corrected chi connectivity index (χ1v) is 6.65. The van der Waals surface area contributed by atoms with Crippen molar-refractivity contribution in [3.8, 4) is 16.9 Å². The molecule has 0 radical (unpaired) electrons. The molecule has 0 saturated carbocycles. The van der Waals surface area contributed by atoms with Crippen molar-refractivity contribution in [1.29, 1.82) is 0 Å². The van der Waals surface area contributed by atoms with E-state index in [-0.39, 0.29) is 0 Å². The summed E-state index contributed by atoms with van der Waals surface area (Å²) < 4.78 is 1.79. The minimum absolute atomic E-state index is 0.697. The largest absolute Gasteiger partial charge is 0.383 e. The number of nitrogen functional groups attached to an aromatic ring is 1. The molecule has 0 amide bonds. The maximum atomic E-state index is 6.15. The standard InChI is InChI=1S/C14H13N3S/c1-10-13(11-7-8-18-9-11)16-17(14(10)15)12-5-3-2-4-6-12/h2-9H,15H2,1H3. The van der Waals surface area contributed by atoms with Gasteiger partial charge in [0.05, 0.1) is 11.4 Å². The Hall–Kier alpha value is -2.07. The molecule has 0 bridgehead atoms. The average Bonchev–Trinajstić information content (AvgIpc) is 3.01. The van der Waals surface area contributed by atoms with Crippen molar-refractivity contribution in [3.05, 3.63) is 52.7 Å². The lowest BCUT2D eigenvalue weighted by Gasteiger charge is -2.02. The lowest BCUT2D eigenvalue weighted by molar-refractivity contribution is 0.895. The molecule has 0 spiro atoms. The summed E-state index contributed by atoms with van der Waals surface area (Å²) in [5.41, 5.74) is 10.2. The van der Waals surface area contributed by atoms with Crippen LogP contribution in [0.25, 0.3) is 16.9 Å². The molecular formula is C14H13N3S. The maximum Gasteiger partial charge on any atom is 0.130 e. The Balaban J connectivity index is 2.16. The summed E-state index contributed by atoms with van der Waals surface area (Å²) in [6.07, 6.45) is 0. The monoisotopic (exact) mass is 255 g/mol. The third-order valence-electron chi connectivity index (χ3n) is 2.96. The first-order chi connectivity index (χ1) is 8.77. The van der Waals surface area contributed by atoms with E-state index < -0.39 is 0 Å². The fourth-order valence-corrected chi connectivity index (χ4v) is 2.59. The molecule has 18 heavy (non-hydrogen) atoms. The third kappa shape index (κ3) is 1.71. The smallest absolute Gasteiger partial charge is 0.130 e. The van der Waals surface area contributed by atoms with Crippen LogP contribution in [0.3, 0.4) is 0 Å². The number of rotatable bonds is 2. The highest BCUT2D eigenvalue weighted by atomic mass is 32.1. The molecule has 3 rings (SSSR count). The van der Waals surface area contributed by atoms with Gasteiger partial charge in [-0.3, -0.25) is 0 Å². The predicted molar refractivity (Wildman–Crippen MR) is 76.0 cm³/mol. The van der Waals surface area contributed by atoms with Crippen LogP contribution in [-0.4, -0.2) is 9.78 Å². The fourth-order valence-electron chi connectivity index (χ4n) is 1.95. The van der Waals surface area contributed by atoms with E-state index in [1.54, 1.807) is 16.0 Å². The molecule has 1 aromatic carbocycles. The first-order valence-electron chi connectivity index (χ1n) is 5.70. The van der Waals surface area contributed by atoms with E-state index in [1.165, 1.54) is 0 Å². The van der Waals surface area contributed by atoms with Gasteiger partial charge in [-0.15, -0.1) is 0 Å². The molecule has 2 aromatic heterocycles. The molecule has 0 aliphatic heterocycles. The van der Waals surface area contributed by atoms with E-state index in [9.17, 15) is 0 Å². The summed E-state index contributed by atoms with van der Waals surface area (Å²) in [6.45, 7) is 2.01. The van der Waals surface area contributed by atoms with E-state index in [4.69, 9.17) is 5.73 Å². The zero-order valence-corrected chi connectivity index (χ0v) is 10.8. The van der Waals surface area contributed by atoms with E-state index in [1.807, 2.05) is 42.6 Å². The molecular weight excluding hydrogens is 242 g/mol. The number of anilines is 1. The summed E-state index contributed by atoms with van der Waals surface area (Å²) in [4.78, 5) is 0. The molecule has 0 aliphatic rings. The van der Waals surface area contributed by atoms with Crippen molar-refractivity contribution in [2.24, 2.45) is 0 Å². The Bertz CT molecular complexity index is 654. The highest BCUT2D eigenvalue weighted by Crippen LogP contribution is 2.29. The van der Waals surface area contributed by atoms with Crippen molar-refractivity contribution < 1.29 is 0 Å². The lowest BCUT2D eigenvalue weighted by Crippen LogP contribution is -2.01. The van der Waals surface area contributed by atoms with Gasteiger partial charge in [-0.25, -0.2) is 4.68 Å². The number of benzene rings is 1. The van der Waals surface area contributed by atoms with Crippen LogP contribution in [0, 0.1) is 6.92 Å². The Morgan fingerprint density at radius 2 is 1.94 bits per heavy atom. The average molecular weight is 255 g/mol. The molecule has 3 nitrogen and oxygen atoms in total. The zero-order valence-electron chi connectivity index (χ0n) is 10.00. The van der Waals surface area contributed by atoms with Gasteiger partial charge >= 0.3 is 0 Å². The molecule has 0 unspecified atom stereocenters. The lowest BCUT2D eigenvalue weighted by atomic mass is 10.1. The second-order valence-electron chi connectivity index (χ2n) is 4.12. The Labute approximate surface area is 109 Å². The van der Waals surface area contributed by atoms with Crippen LogP contribution >= 0.6 is 11.3 Å². The topological polar surface area (TPSA) is 43.8 Å². The highest BCUT2D eigenvalue weighted by Gasteiger charge is 2.14. The van der Waals surface area contributed by atoms with Crippen molar-refractivity contribution in [1.82, 2.24) is 9.78 Å². The first kappa shape index (κ1) is 11.0. The minimum atomic E-state index is 0.697. The Morgan fingerprint density at radius 1 is 1.17 bits per heavy atom. The van der Waals surface area contributed by atoms with Crippen LogP contribution in [0.1, 0.15) is 5.56 Å². The van der Waals surface area contributed by atoms with Gasteiger partial charge in [-0.2, -0.15) is 16.4 Å². The van der Waals surface area contributed by atoms with Gasteiger partial charge in [0.2, 0.25) is 0 Å². The molecule has 90 valence electrons. The predicted octanol–water partition coefficient (Wildman–Crippen LogP) is 3.49. The van der Waals surface area contributed by atoms with E-state index >= 15 is 0 Å². The normalized spacial score (nSPS) is 10.7. The number of para-hydroxylation sites is 1. The minimum Gasteiger partial charge on any atom is -0.383 e. The fraction of sp³-hybridized carbons (Fsp3) is 0.0714. The summed E-state index contributed by atoms with van der Waals surface area (Å²) in [7, 11) is 0. The number of hydrogen-bond donors (Lipinski definition) is 1. The summed E-state index contributed by atoms with van der Waals surface area (Å²) in [5, 5.41) is 8.76. The van der Waals surface area contributed by atoms with Gasteiger partial charge in [0, 0.05) is 16.5 Å². The van der Waals surface area contributed by atoms with Crippen LogP contribution in [0.5, 0.6) is 0 Å². The Morgan fingerprint density at radius 3 is 2.61 bits per heavy atom. The van der Waals surface area contributed by atoms with Gasteiger partial charge in [0.25, 0.3) is 0 Å².